The highest BCUT2D eigenvalue weighted by Crippen LogP contribution is 2.20. The summed E-state index contributed by atoms with van der Waals surface area (Å²) < 4.78 is 6.50. The molecule has 0 fully saturated rings. The monoisotopic (exact) mass is 223 g/mol. The lowest BCUT2D eigenvalue weighted by atomic mass is 10.0. The first-order valence-electron chi connectivity index (χ1n) is 5.21. The lowest BCUT2D eigenvalue weighted by molar-refractivity contribution is -0.145. The maximum Gasteiger partial charge on any atom is 0.308 e. The highest BCUT2D eigenvalue weighted by Gasteiger charge is 2.25. The minimum Gasteiger partial charge on any atom is -0.469 e. The summed E-state index contributed by atoms with van der Waals surface area (Å²) >= 11 is 0. The summed E-state index contributed by atoms with van der Waals surface area (Å²) in [6.07, 6.45) is 2.71. The molecule has 0 bridgehead atoms. The molecule has 1 aromatic rings. The van der Waals surface area contributed by atoms with E-state index in [1.54, 1.807) is 4.57 Å². The number of carbonyl (C=O) groups is 2. The molecule has 6 nitrogen and oxygen atoms in total. The number of fused-ring (bicyclic) bond motifs is 1. The molecule has 0 saturated heterocycles. The van der Waals surface area contributed by atoms with E-state index in [0.29, 0.717) is 37.9 Å². The summed E-state index contributed by atoms with van der Waals surface area (Å²) in [5.41, 5.74) is 0. The average Bonchev–Trinajstić information content (AvgIpc) is 2.59. The van der Waals surface area contributed by atoms with E-state index in [1.165, 1.54) is 7.11 Å². The Morgan fingerprint density at radius 3 is 3.00 bits per heavy atom. The minimum atomic E-state index is -0.189. The van der Waals surface area contributed by atoms with E-state index in [-0.39, 0.29) is 11.9 Å². The standard InChI is InChI=1S/C10H13N3O3/c1-16-10(15)7-2-3-8-11-12-9(6-14)13(8)5-4-7/h6-7H,2-5H2,1H3. The van der Waals surface area contributed by atoms with Gasteiger partial charge in [0.15, 0.2) is 12.1 Å². The van der Waals surface area contributed by atoms with Gasteiger partial charge in [0.1, 0.15) is 5.82 Å². The highest BCUT2D eigenvalue weighted by molar-refractivity contribution is 5.72. The van der Waals surface area contributed by atoms with Crippen LogP contribution in [-0.4, -0.2) is 34.1 Å². The molecule has 0 aromatic carbocycles. The van der Waals surface area contributed by atoms with Gasteiger partial charge in [0, 0.05) is 13.0 Å². The zero-order chi connectivity index (χ0) is 11.5. The summed E-state index contributed by atoms with van der Waals surface area (Å²) in [6, 6.07) is 0. The van der Waals surface area contributed by atoms with E-state index in [1.807, 2.05) is 0 Å². The number of aromatic nitrogens is 3. The van der Waals surface area contributed by atoms with Crippen molar-refractivity contribution in [3.05, 3.63) is 11.6 Å². The zero-order valence-corrected chi connectivity index (χ0v) is 9.05. The molecule has 86 valence electrons. The van der Waals surface area contributed by atoms with Crippen LogP contribution in [0, 0.1) is 5.92 Å². The number of ether oxygens (including phenoxy) is 1. The minimum absolute atomic E-state index is 0.105. The van der Waals surface area contributed by atoms with Gasteiger partial charge in [0.05, 0.1) is 13.0 Å². The van der Waals surface area contributed by atoms with Crippen LogP contribution in [0.3, 0.4) is 0 Å². The number of rotatable bonds is 2. The number of nitrogens with zero attached hydrogens (tertiary/aromatic N) is 3. The largest absolute Gasteiger partial charge is 0.469 e. The second-order valence-corrected chi connectivity index (χ2v) is 3.79. The molecule has 16 heavy (non-hydrogen) atoms. The van der Waals surface area contributed by atoms with Crippen LogP contribution in [0.5, 0.6) is 0 Å². The van der Waals surface area contributed by atoms with Crippen molar-refractivity contribution in [2.24, 2.45) is 5.92 Å². The van der Waals surface area contributed by atoms with Crippen molar-refractivity contribution in [3.8, 4) is 0 Å². The van der Waals surface area contributed by atoms with Gasteiger partial charge >= 0.3 is 5.97 Å². The maximum atomic E-state index is 11.4. The molecule has 2 heterocycles. The summed E-state index contributed by atoms with van der Waals surface area (Å²) in [5.74, 6) is 0.812. The topological polar surface area (TPSA) is 74.1 Å². The van der Waals surface area contributed by atoms with E-state index in [0.717, 1.165) is 5.82 Å². The number of hydrogen-bond acceptors (Lipinski definition) is 5. The second-order valence-electron chi connectivity index (χ2n) is 3.79. The first-order valence-corrected chi connectivity index (χ1v) is 5.21. The second kappa shape index (κ2) is 4.42. The van der Waals surface area contributed by atoms with Gasteiger partial charge in [-0.3, -0.25) is 9.59 Å². The fourth-order valence-corrected chi connectivity index (χ4v) is 2.00. The quantitative estimate of drug-likeness (QED) is 0.529. The highest BCUT2D eigenvalue weighted by atomic mass is 16.5. The summed E-state index contributed by atoms with van der Waals surface area (Å²) in [5, 5.41) is 7.71. The predicted octanol–water partition coefficient (Wildman–Crippen LogP) is 0.216. The third-order valence-electron chi connectivity index (χ3n) is 2.91. The molecule has 0 spiro atoms. The SMILES string of the molecule is COC(=O)C1CCc2nnc(C=O)n2CC1. The Bertz CT molecular complexity index is 413. The van der Waals surface area contributed by atoms with E-state index < -0.39 is 0 Å². The molecule has 0 radical (unpaired) electrons. The molecule has 6 heteroatoms. The van der Waals surface area contributed by atoms with E-state index in [4.69, 9.17) is 4.74 Å². The van der Waals surface area contributed by atoms with E-state index in [2.05, 4.69) is 10.2 Å². The number of hydrogen-bond donors (Lipinski definition) is 0. The maximum absolute atomic E-state index is 11.4. The fraction of sp³-hybridized carbons (Fsp3) is 0.600. The molecule has 0 amide bonds. The van der Waals surface area contributed by atoms with Gasteiger partial charge < -0.3 is 9.30 Å². The molecule has 1 aliphatic rings. The molecular weight excluding hydrogens is 210 g/mol. The Balaban J connectivity index is 2.16. The molecule has 2 rings (SSSR count). The molecule has 1 atom stereocenters. The van der Waals surface area contributed by atoms with E-state index in [9.17, 15) is 9.59 Å². The van der Waals surface area contributed by atoms with E-state index >= 15 is 0 Å². The Hall–Kier alpha value is -1.72. The van der Waals surface area contributed by atoms with Gasteiger partial charge in [-0.15, -0.1) is 10.2 Å². The first kappa shape index (κ1) is 10.8. The van der Waals surface area contributed by atoms with Crippen molar-refractivity contribution in [2.75, 3.05) is 7.11 Å². The van der Waals surface area contributed by atoms with Crippen LogP contribution in [0.4, 0.5) is 0 Å². The summed E-state index contributed by atoms with van der Waals surface area (Å²) in [4.78, 5) is 22.1. The number of aryl methyl sites for hydroxylation is 1. The number of aldehydes is 1. The zero-order valence-electron chi connectivity index (χ0n) is 9.05. The molecule has 1 aromatic heterocycles. The van der Waals surface area contributed by atoms with Gasteiger partial charge in [0.2, 0.25) is 0 Å². The van der Waals surface area contributed by atoms with Crippen molar-refractivity contribution in [2.45, 2.75) is 25.8 Å². The lowest BCUT2D eigenvalue weighted by Crippen LogP contribution is -2.17. The van der Waals surface area contributed by atoms with Crippen LogP contribution < -0.4 is 0 Å². The predicted molar refractivity (Wildman–Crippen MR) is 53.9 cm³/mol. The van der Waals surface area contributed by atoms with Gasteiger partial charge in [-0.1, -0.05) is 0 Å². The number of esters is 1. The van der Waals surface area contributed by atoms with Crippen LogP contribution in [0.15, 0.2) is 0 Å². The molecule has 0 aliphatic carbocycles. The van der Waals surface area contributed by atoms with Crippen LogP contribution in [0.2, 0.25) is 0 Å². The van der Waals surface area contributed by atoms with Crippen molar-refractivity contribution in [1.29, 1.82) is 0 Å². The Morgan fingerprint density at radius 1 is 1.50 bits per heavy atom. The Kier molecular flexibility index (Phi) is 2.98. The third kappa shape index (κ3) is 1.82. The average molecular weight is 223 g/mol. The summed E-state index contributed by atoms with van der Waals surface area (Å²) in [7, 11) is 1.39. The third-order valence-corrected chi connectivity index (χ3v) is 2.91. The molecule has 1 aliphatic heterocycles. The molecule has 0 N–H and O–H groups in total. The molecular formula is C10H13N3O3. The first-order chi connectivity index (χ1) is 7.76. The normalized spacial score (nSPS) is 19.7. The van der Waals surface area contributed by atoms with Crippen LogP contribution in [0.25, 0.3) is 0 Å². The lowest BCUT2D eigenvalue weighted by Gasteiger charge is -2.10. The van der Waals surface area contributed by atoms with Gasteiger partial charge in [-0.2, -0.15) is 0 Å². The Morgan fingerprint density at radius 2 is 2.31 bits per heavy atom. The van der Waals surface area contributed by atoms with Crippen molar-refractivity contribution in [1.82, 2.24) is 14.8 Å². The number of methoxy groups -OCH3 is 1. The number of carbonyl (C=O) groups excluding carboxylic acids is 2. The van der Waals surface area contributed by atoms with Crippen LogP contribution in [0.1, 0.15) is 29.3 Å². The van der Waals surface area contributed by atoms with Crippen molar-refractivity contribution >= 4 is 12.3 Å². The van der Waals surface area contributed by atoms with Crippen molar-refractivity contribution < 1.29 is 14.3 Å². The van der Waals surface area contributed by atoms with Crippen molar-refractivity contribution in [3.63, 3.8) is 0 Å². The van der Waals surface area contributed by atoms with Crippen LogP contribution in [-0.2, 0) is 22.5 Å². The molecule has 0 saturated carbocycles. The van der Waals surface area contributed by atoms with Gasteiger partial charge in [0.25, 0.3) is 0 Å². The van der Waals surface area contributed by atoms with Gasteiger partial charge in [-0.05, 0) is 12.8 Å². The summed E-state index contributed by atoms with van der Waals surface area (Å²) in [6.45, 7) is 0.593. The Labute approximate surface area is 92.6 Å². The van der Waals surface area contributed by atoms with Crippen LogP contribution >= 0.6 is 0 Å². The smallest absolute Gasteiger partial charge is 0.308 e. The fourth-order valence-electron chi connectivity index (χ4n) is 2.00. The van der Waals surface area contributed by atoms with Gasteiger partial charge in [-0.25, -0.2) is 0 Å². The molecule has 1 unspecified atom stereocenters.